The quantitative estimate of drug-likeness (QED) is 0.642. The standard InChI is InChI=1S/C26H32N4O5/c1-18-4-6-19(7-5-18)17-29-12-13-30(25(32)24(29)31)21-8-10-28(11-9-21)26(33)27-20-14-22(34-2)16-23(15-20)35-3/h4-7,14-16,21H,8-13,17H2,1-3H3,(H,27,33). The van der Waals surface area contributed by atoms with E-state index in [0.717, 1.165) is 11.1 Å². The van der Waals surface area contributed by atoms with Gasteiger partial charge in [0.1, 0.15) is 11.5 Å². The number of piperazine rings is 1. The zero-order valence-electron chi connectivity index (χ0n) is 20.5. The molecule has 2 aliphatic heterocycles. The lowest BCUT2D eigenvalue weighted by Gasteiger charge is -2.42. The van der Waals surface area contributed by atoms with Crippen LogP contribution in [0.15, 0.2) is 42.5 Å². The molecule has 2 saturated heterocycles. The Morgan fingerprint density at radius 1 is 0.914 bits per heavy atom. The molecular weight excluding hydrogens is 448 g/mol. The fourth-order valence-electron chi connectivity index (χ4n) is 4.57. The first-order valence-corrected chi connectivity index (χ1v) is 11.8. The zero-order chi connectivity index (χ0) is 24.9. The second-order valence-corrected chi connectivity index (χ2v) is 8.96. The van der Waals surface area contributed by atoms with Crippen LogP contribution >= 0.6 is 0 Å². The number of aryl methyl sites for hydroxylation is 1. The van der Waals surface area contributed by atoms with Crippen LogP contribution in [-0.4, -0.2) is 79.0 Å². The summed E-state index contributed by atoms with van der Waals surface area (Å²) in [5.74, 6) is 0.268. The third kappa shape index (κ3) is 5.67. The monoisotopic (exact) mass is 480 g/mol. The third-order valence-electron chi connectivity index (χ3n) is 6.63. The van der Waals surface area contributed by atoms with E-state index >= 15 is 0 Å². The molecule has 0 spiro atoms. The molecule has 9 nitrogen and oxygen atoms in total. The van der Waals surface area contributed by atoms with Crippen molar-refractivity contribution in [2.75, 3.05) is 45.7 Å². The molecule has 186 valence electrons. The van der Waals surface area contributed by atoms with Gasteiger partial charge in [0.25, 0.3) is 0 Å². The van der Waals surface area contributed by atoms with Crippen LogP contribution in [0.4, 0.5) is 10.5 Å². The summed E-state index contributed by atoms with van der Waals surface area (Å²) in [6, 6.07) is 12.9. The maximum Gasteiger partial charge on any atom is 0.321 e. The zero-order valence-corrected chi connectivity index (χ0v) is 20.5. The lowest BCUT2D eigenvalue weighted by atomic mass is 10.0. The van der Waals surface area contributed by atoms with E-state index in [9.17, 15) is 14.4 Å². The van der Waals surface area contributed by atoms with Crippen molar-refractivity contribution in [3.63, 3.8) is 0 Å². The van der Waals surface area contributed by atoms with Crippen molar-refractivity contribution in [2.24, 2.45) is 0 Å². The number of nitrogens with zero attached hydrogens (tertiary/aromatic N) is 3. The highest BCUT2D eigenvalue weighted by molar-refractivity contribution is 6.35. The molecule has 2 aliphatic rings. The van der Waals surface area contributed by atoms with Crippen molar-refractivity contribution < 1.29 is 23.9 Å². The molecule has 0 saturated carbocycles. The highest BCUT2D eigenvalue weighted by Crippen LogP contribution is 2.27. The summed E-state index contributed by atoms with van der Waals surface area (Å²) in [4.78, 5) is 43.5. The maximum absolute atomic E-state index is 12.9. The number of piperidine rings is 1. The van der Waals surface area contributed by atoms with Crippen LogP contribution in [0.2, 0.25) is 0 Å². The van der Waals surface area contributed by atoms with Crippen molar-refractivity contribution >= 4 is 23.5 Å². The molecule has 4 amide bonds. The summed E-state index contributed by atoms with van der Waals surface area (Å²) >= 11 is 0. The average molecular weight is 481 g/mol. The molecule has 0 aliphatic carbocycles. The number of ether oxygens (including phenoxy) is 2. The van der Waals surface area contributed by atoms with E-state index in [2.05, 4.69) is 5.32 Å². The van der Waals surface area contributed by atoms with Gasteiger partial charge in [0.05, 0.1) is 14.2 Å². The Bertz CT molecular complexity index is 1060. The van der Waals surface area contributed by atoms with Gasteiger partial charge in [-0.2, -0.15) is 0 Å². The van der Waals surface area contributed by atoms with Gasteiger partial charge in [-0.15, -0.1) is 0 Å². The average Bonchev–Trinajstić information content (AvgIpc) is 2.88. The number of amides is 4. The molecule has 9 heteroatoms. The molecule has 0 bridgehead atoms. The number of hydrogen-bond donors (Lipinski definition) is 1. The van der Waals surface area contributed by atoms with Crippen LogP contribution in [0.5, 0.6) is 11.5 Å². The number of urea groups is 1. The van der Waals surface area contributed by atoms with E-state index in [-0.39, 0.29) is 12.1 Å². The van der Waals surface area contributed by atoms with Crippen LogP contribution < -0.4 is 14.8 Å². The first-order valence-electron chi connectivity index (χ1n) is 11.8. The Balaban J connectivity index is 1.30. The van der Waals surface area contributed by atoms with Crippen molar-refractivity contribution in [3.8, 4) is 11.5 Å². The first kappa shape index (κ1) is 24.4. The number of hydrogen-bond acceptors (Lipinski definition) is 5. The summed E-state index contributed by atoms with van der Waals surface area (Å²) < 4.78 is 10.5. The Labute approximate surface area is 205 Å². The van der Waals surface area contributed by atoms with Gasteiger partial charge in [0.2, 0.25) is 0 Å². The second-order valence-electron chi connectivity index (χ2n) is 8.96. The topological polar surface area (TPSA) is 91.4 Å². The predicted molar refractivity (Wildman–Crippen MR) is 131 cm³/mol. The van der Waals surface area contributed by atoms with Crippen LogP contribution in [0.3, 0.4) is 0 Å². The number of anilines is 1. The normalized spacial score (nSPS) is 16.9. The molecule has 4 rings (SSSR count). The predicted octanol–water partition coefficient (Wildman–Crippen LogP) is 2.88. The van der Waals surface area contributed by atoms with Crippen molar-refractivity contribution in [1.82, 2.24) is 14.7 Å². The fraction of sp³-hybridized carbons (Fsp3) is 0.423. The highest BCUT2D eigenvalue weighted by Gasteiger charge is 2.38. The molecule has 1 N–H and O–H groups in total. The number of methoxy groups -OCH3 is 2. The van der Waals surface area contributed by atoms with Gasteiger partial charge in [-0.25, -0.2) is 4.79 Å². The number of rotatable bonds is 6. The Hall–Kier alpha value is -3.75. The molecule has 35 heavy (non-hydrogen) atoms. The van der Waals surface area contributed by atoms with Gasteiger partial charge in [-0.05, 0) is 25.3 Å². The van der Waals surface area contributed by atoms with Crippen LogP contribution in [0.25, 0.3) is 0 Å². The van der Waals surface area contributed by atoms with Crippen molar-refractivity contribution in [2.45, 2.75) is 32.4 Å². The number of benzene rings is 2. The molecule has 2 heterocycles. The van der Waals surface area contributed by atoms with E-state index in [1.54, 1.807) is 47.1 Å². The molecule has 0 radical (unpaired) electrons. The second kappa shape index (κ2) is 10.7. The minimum atomic E-state index is -0.455. The number of carbonyl (C=O) groups excluding carboxylic acids is 3. The van der Waals surface area contributed by atoms with E-state index in [4.69, 9.17) is 9.47 Å². The Morgan fingerprint density at radius 2 is 1.54 bits per heavy atom. The Morgan fingerprint density at radius 3 is 2.14 bits per heavy atom. The molecule has 2 aromatic rings. The van der Waals surface area contributed by atoms with Gasteiger partial charge >= 0.3 is 17.8 Å². The van der Waals surface area contributed by atoms with Crippen molar-refractivity contribution in [1.29, 1.82) is 0 Å². The molecule has 2 fully saturated rings. The molecule has 0 aromatic heterocycles. The lowest BCUT2D eigenvalue weighted by Crippen LogP contribution is -2.59. The van der Waals surface area contributed by atoms with Crippen LogP contribution in [-0.2, 0) is 16.1 Å². The summed E-state index contributed by atoms with van der Waals surface area (Å²) in [7, 11) is 3.11. The number of nitrogens with one attached hydrogen (secondary N) is 1. The van der Waals surface area contributed by atoms with Gasteiger partial charge in [0.15, 0.2) is 0 Å². The number of likely N-dealkylation sites (tertiary alicyclic amines) is 1. The SMILES string of the molecule is COc1cc(NC(=O)N2CCC(N3CCN(Cc4ccc(C)cc4)C(=O)C3=O)CC2)cc(OC)c1. The molecule has 0 atom stereocenters. The summed E-state index contributed by atoms with van der Waals surface area (Å²) in [5, 5.41) is 2.89. The Kier molecular flexibility index (Phi) is 7.43. The summed E-state index contributed by atoms with van der Waals surface area (Å²) in [5.41, 5.74) is 2.75. The molecule has 0 unspecified atom stereocenters. The molecular formula is C26H32N4O5. The summed E-state index contributed by atoms with van der Waals surface area (Å²) in [6.07, 6.45) is 1.26. The smallest absolute Gasteiger partial charge is 0.321 e. The fourth-order valence-corrected chi connectivity index (χ4v) is 4.57. The maximum atomic E-state index is 12.9. The number of carbonyl (C=O) groups is 3. The minimum Gasteiger partial charge on any atom is -0.497 e. The van der Waals surface area contributed by atoms with Crippen LogP contribution in [0.1, 0.15) is 24.0 Å². The lowest BCUT2D eigenvalue weighted by molar-refractivity contribution is -0.158. The largest absolute Gasteiger partial charge is 0.497 e. The van der Waals surface area contributed by atoms with E-state index in [1.165, 1.54) is 0 Å². The van der Waals surface area contributed by atoms with Crippen LogP contribution in [0, 0.1) is 6.92 Å². The van der Waals surface area contributed by atoms with E-state index in [0.29, 0.717) is 62.8 Å². The summed E-state index contributed by atoms with van der Waals surface area (Å²) in [6.45, 7) is 4.48. The van der Waals surface area contributed by atoms with E-state index in [1.807, 2.05) is 31.2 Å². The van der Waals surface area contributed by atoms with Gasteiger partial charge in [-0.3, -0.25) is 9.59 Å². The van der Waals surface area contributed by atoms with E-state index < -0.39 is 11.8 Å². The van der Waals surface area contributed by atoms with Gasteiger partial charge in [-0.1, -0.05) is 29.8 Å². The minimum absolute atomic E-state index is 0.0473. The third-order valence-corrected chi connectivity index (χ3v) is 6.63. The van der Waals surface area contributed by atoms with Crippen molar-refractivity contribution in [3.05, 3.63) is 53.6 Å². The molecule has 2 aromatic carbocycles. The van der Waals surface area contributed by atoms with Gasteiger partial charge < -0.3 is 29.5 Å². The van der Waals surface area contributed by atoms with Gasteiger partial charge in [0, 0.05) is 62.7 Å². The first-order chi connectivity index (χ1) is 16.9. The highest BCUT2D eigenvalue weighted by atomic mass is 16.5.